The normalized spacial score (nSPS) is 19.7. The molecular weight excluding hydrogens is 334 g/mol. The lowest BCUT2D eigenvalue weighted by Crippen LogP contribution is -2.35. The Kier molecular flexibility index (Phi) is 4.22. The van der Waals surface area contributed by atoms with E-state index in [2.05, 4.69) is 27.9 Å². The second-order valence-corrected chi connectivity index (χ2v) is 7.29. The lowest BCUT2D eigenvalue weighted by molar-refractivity contribution is 0.680. The molecule has 1 atom stereocenters. The molecule has 1 aromatic carbocycles. The molecule has 1 saturated carbocycles. The third-order valence-electron chi connectivity index (χ3n) is 5.05. The van der Waals surface area contributed by atoms with E-state index in [9.17, 15) is 0 Å². The molecule has 2 aromatic rings. The first-order chi connectivity index (χ1) is 12.1. The van der Waals surface area contributed by atoms with Crippen LogP contribution in [0.2, 0.25) is 5.02 Å². The van der Waals surface area contributed by atoms with Crippen molar-refractivity contribution in [1.29, 1.82) is 5.26 Å². The van der Waals surface area contributed by atoms with Crippen LogP contribution < -0.4 is 9.80 Å². The summed E-state index contributed by atoms with van der Waals surface area (Å²) in [5.41, 5.74) is 1.62. The van der Waals surface area contributed by atoms with Gasteiger partial charge in [-0.1, -0.05) is 11.6 Å². The maximum absolute atomic E-state index is 9.14. The van der Waals surface area contributed by atoms with Crippen LogP contribution in [0.25, 0.3) is 0 Å². The van der Waals surface area contributed by atoms with Crippen molar-refractivity contribution in [3.05, 3.63) is 46.9 Å². The topological polar surface area (TPSA) is 56.1 Å². The van der Waals surface area contributed by atoms with Gasteiger partial charge in [-0.3, -0.25) is 0 Å². The largest absolute Gasteiger partial charge is 0.369 e. The lowest BCUT2D eigenvalue weighted by atomic mass is 10.2. The molecule has 0 bridgehead atoms. The summed E-state index contributed by atoms with van der Waals surface area (Å²) in [6, 6.07) is 10.1. The first kappa shape index (κ1) is 16.2. The Morgan fingerprint density at radius 3 is 2.88 bits per heavy atom. The first-order valence-corrected chi connectivity index (χ1v) is 9.03. The van der Waals surface area contributed by atoms with Crippen molar-refractivity contribution in [3.8, 4) is 6.07 Å². The minimum absolute atomic E-state index is 0.381. The van der Waals surface area contributed by atoms with Gasteiger partial charge in [-0.2, -0.15) is 5.26 Å². The summed E-state index contributed by atoms with van der Waals surface area (Å²) in [5.74, 6) is 2.53. The van der Waals surface area contributed by atoms with Crippen molar-refractivity contribution in [2.75, 3.05) is 29.9 Å². The molecule has 1 aromatic heterocycles. The molecule has 5 nitrogen and oxygen atoms in total. The Bertz CT molecular complexity index is 827. The van der Waals surface area contributed by atoms with Gasteiger partial charge < -0.3 is 9.80 Å². The SMILES string of the molecule is CN(c1ccnc(C2CC2)n1)C1CCN(c2cc(Cl)cc(C#N)c2)C1. The van der Waals surface area contributed by atoms with Gasteiger partial charge in [-0.25, -0.2) is 9.97 Å². The van der Waals surface area contributed by atoms with Gasteiger partial charge in [0, 0.05) is 49.0 Å². The molecule has 2 heterocycles. The smallest absolute Gasteiger partial charge is 0.133 e. The number of nitriles is 1. The van der Waals surface area contributed by atoms with Crippen LogP contribution >= 0.6 is 11.6 Å². The maximum atomic E-state index is 9.14. The lowest BCUT2D eigenvalue weighted by Gasteiger charge is -2.26. The molecule has 1 aliphatic heterocycles. The van der Waals surface area contributed by atoms with E-state index >= 15 is 0 Å². The fourth-order valence-corrected chi connectivity index (χ4v) is 3.63. The highest BCUT2D eigenvalue weighted by molar-refractivity contribution is 6.31. The molecular formula is C19H20ClN5. The van der Waals surface area contributed by atoms with Crippen LogP contribution in [0.15, 0.2) is 30.5 Å². The third-order valence-corrected chi connectivity index (χ3v) is 5.27. The molecule has 128 valence electrons. The van der Waals surface area contributed by atoms with Crippen molar-refractivity contribution in [2.45, 2.75) is 31.2 Å². The van der Waals surface area contributed by atoms with Crippen LogP contribution in [0, 0.1) is 11.3 Å². The summed E-state index contributed by atoms with van der Waals surface area (Å²) in [6.45, 7) is 1.84. The maximum Gasteiger partial charge on any atom is 0.133 e. The van der Waals surface area contributed by atoms with Crippen LogP contribution in [0.3, 0.4) is 0 Å². The average molecular weight is 354 g/mol. The van der Waals surface area contributed by atoms with Gasteiger partial charge in [0.15, 0.2) is 0 Å². The summed E-state index contributed by atoms with van der Waals surface area (Å²) in [4.78, 5) is 13.7. The minimum Gasteiger partial charge on any atom is -0.369 e. The third kappa shape index (κ3) is 3.40. The van der Waals surface area contributed by atoms with Crippen molar-refractivity contribution in [2.24, 2.45) is 0 Å². The minimum atomic E-state index is 0.381. The number of anilines is 2. The monoisotopic (exact) mass is 353 g/mol. The number of rotatable bonds is 4. The van der Waals surface area contributed by atoms with Gasteiger partial charge in [-0.15, -0.1) is 0 Å². The van der Waals surface area contributed by atoms with Crippen molar-refractivity contribution < 1.29 is 0 Å². The summed E-state index contributed by atoms with van der Waals surface area (Å²) >= 11 is 6.15. The standard InChI is InChI=1S/C19H20ClN5/c1-24(18-4-6-22-19(23-18)14-2-3-14)16-5-7-25(12-16)17-9-13(11-21)8-15(20)10-17/h4,6,8-10,14,16H,2-3,5,7,12H2,1H3. The summed E-state index contributed by atoms with van der Waals surface area (Å²) in [6.07, 6.45) is 5.34. The van der Waals surface area contributed by atoms with Crippen LogP contribution in [0.1, 0.15) is 36.6 Å². The number of aromatic nitrogens is 2. The molecule has 2 aliphatic rings. The highest BCUT2D eigenvalue weighted by Gasteiger charge is 2.29. The fraction of sp³-hybridized carbons (Fsp3) is 0.421. The quantitative estimate of drug-likeness (QED) is 0.840. The van der Waals surface area contributed by atoms with Gasteiger partial charge in [-0.05, 0) is 43.5 Å². The second kappa shape index (κ2) is 6.53. The second-order valence-electron chi connectivity index (χ2n) is 6.86. The number of nitrogens with zero attached hydrogens (tertiary/aromatic N) is 5. The zero-order chi connectivity index (χ0) is 17.4. The molecule has 25 heavy (non-hydrogen) atoms. The number of hydrogen-bond donors (Lipinski definition) is 0. The van der Waals surface area contributed by atoms with Crippen LogP contribution in [-0.2, 0) is 0 Å². The number of halogens is 1. The van der Waals surface area contributed by atoms with E-state index in [1.807, 2.05) is 24.4 Å². The molecule has 6 heteroatoms. The van der Waals surface area contributed by atoms with E-state index in [0.717, 1.165) is 36.8 Å². The average Bonchev–Trinajstić information content (AvgIpc) is 3.37. The van der Waals surface area contributed by atoms with E-state index in [1.54, 1.807) is 6.07 Å². The van der Waals surface area contributed by atoms with Gasteiger partial charge >= 0.3 is 0 Å². The number of hydrogen-bond acceptors (Lipinski definition) is 5. The molecule has 1 unspecified atom stereocenters. The summed E-state index contributed by atoms with van der Waals surface area (Å²) in [5, 5.41) is 9.75. The van der Waals surface area contributed by atoms with Crippen LogP contribution in [-0.4, -0.2) is 36.1 Å². The van der Waals surface area contributed by atoms with E-state index in [4.69, 9.17) is 21.8 Å². The Morgan fingerprint density at radius 1 is 1.28 bits per heavy atom. The number of benzene rings is 1. The molecule has 0 amide bonds. The predicted octanol–water partition coefficient (Wildman–Crippen LogP) is 3.59. The van der Waals surface area contributed by atoms with Gasteiger partial charge in [0.05, 0.1) is 11.6 Å². The fourth-order valence-electron chi connectivity index (χ4n) is 3.40. The predicted molar refractivity (Wildman–Crippen MR) is 99.2 cm³/mol. The highest BCUT2D eigenvalue weighted by atomic mass is 35.5. The van der Waals surface area contributed by atoms with E-state index < -0.39 is 0 Å². The van der Waals surface area contributed by atoms with Crippen molar-refractivity contribution in [3.63, 3.8) is 0 Å². The zero-order valence-electron chi connectivity index (χ0n) is 14.2. The Morgan fingerprint density at radius 2 is 2.12 bits per heavy atom. The van der Waals surface area contributed by atoms with E-state index in [-0.39, 0.29) is 0 Å². The Hall–Kier alpha value is -2.32. The molecule has 0 spiro atoms. The van der Waals surface area contributed by atoms with Gasteiger partial charge in [0.2, 0.25) is 0 Å². The van der Waals surface area contributed by atoms with E-state index in [0.29, 0.717) is 22.5 Å². The van der Waals surface area contributed by atoms with Crippen LogP contribution in [0.4, 0.5) is 11.5 Å². The molecule has 2 fully saturated rings. The van der Waals surface area contributed by atoms with Gasteiger partial charge in [0.25, 0.3) is 0 Å². The molecule has 0 radical (unpaired) electrons. The highest BCUT2D eigenvalue weighted by Crippen LogP contribution is 2.38. The zero-order valence-corrected chi connectivity index (χ0v) is 14.9. The van der Waals surface area contributed by atoms with E-state index in [1.165, 1.54) is 12.8 Å². The number of likely N-dealkylation sites (N-methyl/N-ethyl adjacent to an activating group) is 1. The molecule has 0 N–H and O–H groups in total. The Balaban J connectivity index is 1.49. The Labute approximate surface area is 152 Å². The van der Waals surface area contributed by atoms with Gasteiger partial charge in [0.1, 0.15) is 11.6 Å². The summed E-state index contributed by atoms with van der Waals surface area (Å²) < 4.78 is 0. The summed E-state index contributed by atoms with van der Waals surface area (Å²) in [7, 11) is 2.10. The molecule has 4 rings (SSSR count). The van der Waals surface area contributed by atoms with Crippen molar-refractivity contribution >= 4 is 23.1 Å². The molecule has 1 saturated heterocycles. The van der Waals surface area contributed by atoms with Crippen molar-refractivity contribution in [1.82, 2.24) is 9.97 Å². The first-order valence-electron chi connectivity index (χ1n) is 8.65. The molecule has 1 aliphatic carbocycles. The van der Waals surface area contributed by atoms with Crippen LogP contribution in [0.5, 0.6) is 0 Å².